The number of nitrogens with one attached hydrogen (secondary N) is 1. The summed E-state index contributed by atoms with van der Waals surface area (Å²) >= 11 is 8.77. The number of amides is 1. The van der Waals surface area contributed by atoms with Crippen LogP contribution in [0.4, 0.5) is 10.9 Å². The van der Waals surface area contributed by atoms with Gasteiger partial charge in [-0.2, -0.15) is 10.5 Å². The number of halogens is 1. The summed E-state index contributed by atoms with van der Waals surface area (Å²) in [6, 6.07) is 20.7. The zero-order chi connectivity index (χ0) is 24.8. The third-order valence-corrected chi connectivity index (χ3v) is 7.01. The van der Waals surface area contributed by atoms with Crippen LogP contribution in [-0.2, 0) is 4.79 Å². The Kier molecular flexibility index (Phi) is 7.64. The van der Waals surface area contributed by atoms with Crippen molar-refractivity contribution in [3.63, 3.8) is 0 Å². The molecule has 0 aliphatic heterocycles. The van der Waals surface area contributed by atoms with Crippen LogP contribution in [0.3, 0.4) is 0 Å². The predicted octanol–water partition coefficient (Wildman–Crippen LogP) is 5.97. The van der Waals surface area contributed by atoms with Crippen molar-refractivity contribution in [2.45, 2.75) is 11.4 Å². The topological polar surface area (TPSA) is 128 Å². The smallest absolute Gasteiger partial charge is 0.226 e. The minimum atomic E-state index is -0.221. The van der Waals surface area contributed by atoms with Crippen LogP contribution >= 0.6 is 34.7 Å². The van der Waals surface area contributed by atoms with E-state index in [4.69, 9.17) is 17.3 Å². The molecule has 0 aliphatic rings. The molecule has 7 nitrogen and oxygen atoms in total. The van der Waals surface area contributed by atoms with E-state index in [-0.39, 0.29) is 29.3 Å². The van der Waals surface area contributed by atoms with Crippen LogP contribution in [0.5, 0.6) is 0 Å². The van der Waals surface area contributed by atoms with E-state index in [0.717, 1.165) is 5.56 Å². The summed E-state index contributed by atoms with van der Waals surface area (Å²) in [5.74, 6) is 0.184. The molecule has 172 valence electrons. The average Bonchev–Trinajstić information content (AvgIpc) is 3.32. The molecule has 0 fully saturated rings. The first kappa shape index (κ1) is 24.2. The van der Waals surface area contributed by atoms with Gasteiger partial charge >= 0.3 is 0 Å². The summed E-state index contributed by atoms with van der Waals surface area (Å²) in [4.78, 5) is 21.2. The van der Waals surface area contributed by atoms with E-state index >= 15 is 0 Å². The molecule has 0 radical (unpaired) electrons. The van der Waals surface area contributed by atoms with E-state index in [1.165, 1.54) is 23.1 Å². The molecular formula is C25H17ClN6OS2. The Hall–Kier alpha value is -3.89. The van der Waals surface area contributed by atoms with Crippen LogP contribution in [0.25, 0.3) is 22.4 Å². The highest BCUT2D eigenvalue weighted by atomic mass is 35.5. The molecule has 4 aromatic rings. The maximum absolute atomic E-state index is 12.5. The van der Waals surface area contributed by atoms with E-state index in [1.54, 1.807) is 6.07 Å². The summed E-state index contributed by atoms with van der Waals surface area (Å²) in [6.45, 7) is 0. The number of hydrogen-bond acceptors (Lipinski definition) is 8. The number of benzene rings is 2. The van der Waals surface area contributed by atoms with Crippen LogP contribution in [0, 0.1) is 22.7 Å². The Bertz CT molecular complexity index is 1470. The number of nitriles is 2. The quantitative estimate of drug-likeness (QED) is 0.289. The second kappa shape index (κ2) is 11.0. The van der Waals surface area contributed by atoms with Gasteiger partial charge in [-0.1, -0.05) is 60.1 Å². The summed E-state index contributed by atoms with van der Waals surface area (Å²) in [5, 5.41) is 25.5. The number of anilines is 2. The molecule has 2 aromatic carbocycles. The van der Waals surface area contributed by atoms with E-state index in [1.807, 2.05) is 53.9 Å². The van der Waals surface area contributed by atoms with Gasteiger partial charge in [-0.05, 0) is 11.6 Å². The minimum absolute atomic E-state index is 0.0483. The van der Waals surface area contributed by atoms with Gasteiger partial charge in [0.2, 0.25) is 5.91 Å². The molecule has 0 atom stereocenters. The second-order valence-corrected chi connectivity index (χ2v) is 9.53. The number of thioether (sulfide) groups is 1. The van der Waals surface area contributed by atoms with Crippen molar-refractivity contribution in [2.75, 3.05) is 16.8 Å². The fraction of sp³-hybridized carbons (Fsp3) is 0.0800. The molecule has 3 N–H and O–H groups in total. The van der Waals surface area contributed by atoms with E-state index in [2.05, 4.69) is 27.4 Å². The Balaban J connectivity index is 1.46. The summed E-state index contributed by atoms with van der Waals surface area (Å²) in [6.07, 6.45) is 0.165. The van der Waals surface area contributed by atoms with Crippen molar-refractivity contribution < 1.29 is 4.79 Å². The molecular weight excluding hydrogens is 500 g/mol. The van der Waals surface area contributed by atoms with Gasteiger partial charge < -0.3 is 11.1 Å². The Morgan fingerprint density at radius 3 is 2.49 bits per heavy atom. The lowest BCUT2D eigenvalue weighted by Crippen LogP contribution is -2.12. The van der Waals surface area contributed by atoms with Crippen LogP contribution in [0.1, 0.15) is 17.5 Å². The monoisotopic (exact) mass is 516 g/mol. The first-order valence-corrected chi connectivity index (χ1v) is 12.6. The van der Waals surface area contributed by atoms with Crippen LogP contribution in [-0.4, -0.2) is 21.6 Å². The van der Waals surface area contributed by atoms with E-state index < -0.39 is 0 Å². The molecule has 0 bridgehead atoms. The molecule has 10 heteroatoms. The summed E-state index contributed by atoms with van der Waals surface area (Å²) in [7, 11) is 0. The first-order chi connectivity index (χ1) is 17.0. The largest absolute Gasteiger partial charge is 0.383 e. The number of pyridine rings is 1. The van der Waals surface area contributed by atoms with Crippen LogP contribution < -0.4 is 11.1 Å². The molecule has 2 aromatic heterocycles. The lowest BCUT2D eigenvalue weighted by atomic mass is 9.97. The number of thiazole rings is 1. The summed E-state index contributed by atoms with van der Waals surface area (Å²) in [5.41, 5.74) is 9.09. The average molecular weight is 517 g/mol. The Labute approximate surface area is 215 Å². The van der Waals surface area contributed by atoms with Gasteiger partial charge in [-0.3, -0.25) is 4.79 Å². The van der Waals surface area contributed by atoms with Crippen LogP contribution in [0.2, 0.25) is 5.02 Å². The molecule has 0 saturated heterocycles. The number of nitrogens with two attached hydrogens (primary N) is 1. The molecule has 1 amide bonds. The lowest BCUT2D eigenvalue weighted by molar-refractivity contribution is -0.115. The SMILES string of the molecule is N#Cc1c(N)nc(SCCC(=O)Nc2nc(-c3ccccc3Cl)cs2)c(C#N)c1-c1ccccc1. The number of carbonyl (C=O) groups excluding carboxylic acids is 1. The van der Waals surface area contributed by atoms with Gasteiger partial charge in [0.15, 0.2) is 5.13 Å². The molecule has 0 aliphatic carbocycles. The number of nitrogen functional groups attached to an aromatic ring is 1. The number of nitrogens with zero attached hydrogens (tertiary/aromatic N) is 4. The molecule has 0 unspecified atom stereocenters. The van der Waals surface area contributed by atoms with Crippen molar-refractivity contribution >= 4 is 51.6 Å². The third kappa shape index (κ3) is 5.44. The number of rotatable bonds is 7. The van der Waals surface area contributed by atoms with Gasteiger partial charge in [-0.25, -0.2) is 9.97 Å². The van der Waals surface area contributed by atoms with Gasteiger partial charge in [0.1, 0.15) is 28.5 Å². The lowest BCUT2D eigenvalue weighted by Gasteiger charge is -2.12. The molecule has 4 rings (SSSR count). The van der Waals surface area contributed by atoms with Gasteiger partial charge in [0.25, 0.3) is 0 Å². The maximum Gasteiger partial charge on any atom is 0.226 e. The van der Waals surface area contributed by atoms with Gasteiger partial charge in [0.05, 0.1) is 11.3 Å². The zero-order valence-electron chi connectivity index (χ0n) is 18.2. The standard InChI is InChI=1S/C25H17ClN6OS2/c26-19-9-5-4-8-16(19)20-14-35-25(30-20)31-21(33)10-11-34-24-18(13-28)22(15-6-2-1-3-7-15)17(12-27)23(29)32-24/h1-9,14H,10-11H2,(H2,29,32)(H,30,31,33). The molecule has 0 saturated carbocycles. The Morgan fingerprint density at radius 1 is 1.06 bits per heavy atom. The highest BCUT2D eigenvalue weighted by Crippen LogP contribution is 2.36. The number of aromatic nitrogens is 2. The first-order valence-electron chi connectivity index (χ1n) is 10.3. The van der Waals surface area contributed by atoms with E-state index in [9.17, 15) is 15.3 Å². The highest BCUT2D eigenvalue weighted by molar-refractivity contribution is 7.99. The molecule has 35 heavy (non-hydrogen) atoms. The van der Waals surface area contributed by atoms with E-state index in [0.29, 0.717) is 37.8 Å². The fourth-order valence-corrected chi connectivity index (χ4v) is 5.24. The van der Waals surface area contributed by atoms with Crippen molar-refractivity contribution in [3.8, 4) is 34.5 Å². The number of carbonyl (C=O) groups is 1. The van der Waals surface area contributed by atoms with Gasteiger partial charge in [0, 0.05) is 33.7 Å². The summed E-state index contributed by atoms with van der Waals surface area (Å²) < 4.78 is 0. The number of hydrogen-bond donors (Lipinski definition) is 2. The third-order valence-electron chi connectivity index (χ3n) is 4.95. The maximum atomic E-state index is 12.5. The fourth-order valence-electron chi connectivity index (χ4n) is 3.34. The minimum Gasteiger partial charge on any atom is -0.383 e. The predicted molar refractivity (Wildman–Crippen MR) is 140 cm³/mol. The van der Waals surface area contributed by atoms with Crippen molar-refractivity contribution in [1.82, 2.24) is 9.97 Å². The van der Waals surface area contributed by atoms with Crippen molar-refractivity contribution in [2.24, 2.45) is 0 Å². The highest BCUT2D eigenvalue weighted by Gasteiger charge is 2.20. The normalized spacial score (nSPS) is 10.4. The Morgan fingerprint density at radius 2 is 1.77 bits per heavy atom. The van der Waals surface area contributed by atoms with Crippen molar-refractivity contribution in [3.05, 3.63) is 76.1 Å². The van der Waals surface area contributed by atoms with Gasteiger partial charge in [-0.15, -0.1) is 23.1 Å². The molecule has 0 spiro atoms. The van der Waals surface area contributed by atoms with Crippen LogP contribution in [0.15, 0.2) is 65.0 Å². The molecule has 2 heterocycles. The second-order valence-electron chi connectivity index (χ2n) is 7.18. The van der Waals surface area contributed by atoms with Crippen molar-refractivity contribution in [1.29, 1.82) is 10.5 Å². The zero-order valence-corrected chi connectivity index (χ0v) is 20.5.